The largest absolute Gasteiger partial charge is 0.315 e. The first-order valence-electron chi connectivity index (χ1n) is 6.44. The van der Waals surface area contributed by atoms with Crippen LogP contribution in [0.1, 0.15) is 24.8 Å². The molecular formula is C14H21ClN2. The van der Waals surface area contributed by atoms with Crippen LogP contribution in [0, 0.1) is 0 Å². The summed E-state index contributed by atoms with van der Waals surface area (Å²) in [5, 5.41) is 7.85. The first-order chi connectivity index (χ1) is 8.29. The second kappa shape index (κ2) is 6.39. The number of halogens is 1. The van der Waals surface area contributed by atoms with Gasteiger partial charge in [0.2, 0.25) is 0 Å². The predicted octanol–water partition coefficient (Wildman–Crippen LogP) is 2.61. The third-order valence-corrected chi connectivity index (χ3v) is 3.87. The molecule has 0 heterocycles. The van der Waals surface area contributed by atoms with Gasteiger partial charge in [-0.25, -0.2) is 0 Å². The fourth-order valence-electron chi connectivity index (χ4n) is 2.60. The fraction of sp³-hybridized carbons (Fsp3) is 0.571. The molecule has 0 saturated heterocycles. The molecule has 1 aromatic rings. The summed E-state index contributed by atoms with van der Waals surface area (Å²) in [6.45, 7) is 1.05. The lowest BCUT2D eigenvalue weighted by Crippen LogP contribution is -2.43. The van der Waals surface area contributed by atoms with E-state index in [4.69, 9.17) is 11.6 Å². The van der Waals surface area contributed by atoms with Gasteiger partial charge in [0.1, 0.15) is 0 Å². The summed E-state index contributed by atoms with van der Waals surface area (Å²) in [6, 6.07) is 9.43. The molecule has 1 saturated carbocycles. The molecule has 2 N–H and O–H groups in total. The Balaban J connectivity index is 1.74. The third-order valence-electron chi connectivity index (χ3n) is 3.62. The van der Waals surface area contributed by atoms with Crippen LogP contribution in [-0.4, -0.2) is 25.7 Å². The third kappa shape index (κ3) is 3.70. The molecule has 2 rings (SSSR count). The standard InChI is InChI=1S/C14H21ClN2/c1-16-13-3-2-4-14(13)17-10-9-11-5-7-12(15)8-6-11/h5-8,13-14,16-17H,2-4,9-10H2,1H3/t13-,14-/m1/s1. The van der Waals surface area contributed by atoms with Crippen molar-refractivity contribution in [1.29, 1.82) is 0 Å². The monoisotopic (exact) mass is 252 g/mol. The maximum absolute atomic E-state index is 5.86. The Kier molecular flexibility index (Phi) is 4.84. The van der Waals surface area contributed by atoms with Gasteiger partial charge in [0.05, 0.1) is 0 Å². The summed E-state index contributed by atoms with van der Waals surface area (Å²) in [5.74, 6) is 0. The lowest BCUT2D eigenvalue weighted by molar-refractivity contribution is 0.434. The van der Waals surface area contributed by atoms with E-state index in [1.807, 2.05) is 12.1 Å². The van der Waals surface area contributed by atoms with Gasteiger partial charge in [-0.15, -0.1) is 0 Å². The van der Waals surface area contributed by atoms with Crippen LogP contribution in [0.2, 0.25) is 5.02 Å². The van der Waals surface area contributed by atoms with Crippen molar-refractivity contribution in [1.82, 2.24) is 10.6 Å². The summed E-state index contributed by atoms with van der Waals surface area (Å²) >= 11 is 5.86. The zero-order valence-electron chi connectivity index (χ0n) is 10.4. The Bertz CT molecular complexity index is 337. The number of hydrogen-bond donors (Lipinski definition) is 2. The molecule has 0 amide bonds. The molecule has 0 radical (unpaired) electrons. The van der Waals surface area contributed by atoms with Crippen LogP contribution in [0.4, 0.5) is 0 Å². The second-order valence-electron chi connectivity index (χ2n) is 4.76. The Morgan fingerprint density at radius 1 is 1.18 bits per heavy atom. The number of hydrogen-bond acceptors (Lipinski definition) is 2. The summed E-state index contributed by atoms with van der Waals surface area (Å²) in [6.07, 6.45) is 5.01. The van der Waals surface area contributed by atoms with E-state index in [2.05, 4.69) is 29.8 Å². The molecule has 3 heteroatoms. The van der Waals surface area contributed by atoms with Crippen LogP contribution in [0.5, 0.6) is 0 Å². The number of benzene rings is 1. The van der Waals surface area contributed by atoms with E-state index in [1.165, 1.54) is 24.8 Å². The molecule has 0 spiro atoms. The van der Waals surface area contributed by atoms with Gasteiger partial charge in [0.15, 0.2) is 0 Å². The lowest BCUT2D eigenvalue weighted by Gasteiger charge is -2.20. The van der Waals surface area contributed by atoms with Crippen molar-refractivity contribution >= 4 is 11.6 Å². The number of rotatable bonds is 5. The van der Waals surface area contributed by atoms with Crippen LogP contribution in [0.3, 0.4) is 0 Å². The first kappa shape index (κ1) is 12.9. The van der Waals surface area contributed by atoms with Crippen molar-refractivity contribution in [2.45, 2.75) is 37.8 Å². The van der Waals surface area contributed by atoms with E-state index in [9.17, 15) is 0 Å². The summed E-state index contributed by atoms with van der Waals surface area (Å²) in [4.78, 5) is 0. The van der Waals surface area contributed by atoms with Crippen molar-refractivity contribution in [2.75, 3.05) is 13.6 Å². The fourth-order valence-corrected chi connectivity index (χ4v) is 2.73. The molecule has 94 valence electrons. The topological polar surface area (TPSA) is 24.1 Å². The van der Waals surface area contributed by atoms with Gasteiger partial charge >= 0.3 is 0 Å². The quantitative estimate of drug-likeness (QED) is 0.842. The maximum Gasteiger partial charge on any atom is 0.0406 e. The van der Waals surface area contributed by atoms with Crippen LogP contribution in [0.15, 0.2) is 24.3 Å². The highest BCUT2D eigenvalue weighted by Crippen LogP contribution is 2.18. The highest BCUT2D eigenvalue weighted by Gasteiger charge is 2.24. The Morgan fingerprint density at radius 3 is 2.59 bits per heavy atom. The zero-order valence-corrected chi connectivity index (χ0v) is 11.1. The van der Waals surface area contributed by atoms with Gasteiger partial charge in [-0.2, -0.15) is 0 Å². The van der Waals surface area contributed by atoms with E-state index in [0.717, 1.165) is 18.0 Å². The van der Waals surface area contributed by atoms with Crippen LogP contribution < -0.4 is 10.6 Å². The van der Waals surface area contributed by atoms with Crippen molar-refractivity contribution in [3.8, 4) is 0 Å². The second-order valence-corrected chi connectivity index (χ2v) is 5.20. The van der Waals surface area contributed by atoms with E-state index in [1.54, 1.807) is 0 Å². The van der Waals surface area contributed by atoms with Gasteiger partial charge in [0.25, 0.3) is 0 Å². The van der Waals surface area contributed by atoms with Crippen LogP contribution in [-0.2, 0) is 6.42 Å². The minimum Gasteiger partial charge on any atom is -0.315 e. The van der Waals surface area contributed by atoms with Crippen LogP contribution >= 0.6 is 11.6 Å². The van der Waals surface area contributed by atoms with E-state index >= 15 is 0 Å². The van der Waals surface area contributed by atoms with Gasteiger partial charge in [0, 0.05) is 17.1 Å². The van der Waals surface area contributed by atoms with Gasteiger partial charge < -0.3 is 10.6 Å². The van der Waals surface area contributed by atoms with Crippen molar-refractivity contribution in [3.63, 3.8) is 0 Å². The van der Waals surface area contributed by atoms with E-state index in [-0.39, 0.29) is 0 Å². The number of nitrogens with one attached hydrogen (secondary N) is 2. The van der Waals surface area contributed by atoms with Gasteiger partial charge in [-0.05, 0) is 50.6 Å². The molecule has 0 bridgehead atoms. The molecule has 0 aromatic heterocycles. The molecule has 2 nitrogen and oxygen atoms in total. The molecule has 1 aliphatic rings. The molecular weight excluding hydrogens is 232 g/mol. The summed E-state index contributed by atoms with van der Waals surface area (Å²) in [5.41, 5.74) is 1.35. The normalized spacial score (nSPS) is 24.1. The van der Waals surface area contributed by atoms with Crippen molar-refractivity contribution < 1.29 is 0 Å². The number of likely N-dealkylation sites (N-methyl/N-ethyl adjacent to an activating group) is 1. The van der Waals surface area contributed by atoms with Crippen molar-refractivity contribution in [3.05, 3.63) is 34.9 Å². The lowest BCUT2D eigenvalue weighted by atomic mass is 10.1. The van der Waals surface area contributed by atoms with Gasteiger partial charge in [-0.3, -0.25) is 0 Å². The average molecular weight is 253 g/mol. The highest BCUT2D eigenvalue weighted by atomic mass is 35.5. The van der Waals surface area contributed by atoms with E-state index in [0.29, 0.717) is 12.1 Å². The first-order valence-corrected chi connectivity index (χ1v) is 6.82. The Hall–Kier alpha value is -0.570. The zero-order chi connectivity index (χ0) is 12.1. The van der Waals surface area contributed by atoms with Crippen molar-refractivity contribution in [2.24, 2.45) is 0 Å². The molecule has 0 unspecified atom stereocenters. The average Bonchev–Trinajstić information content (AvgIpc) is 2.79. The summed E-state index contributed by atoms with van der Waals surface area (Å²) in [7, 11) is 2.06. The van der Waals surface area contributed by atoms with Gasteiger partial charge in [-0.1, -0.05) is 30.2 Å². The molecule has 1 fully saturated rings. The maximum atomic E-state index is 5.86. The highest BCUT2D eigenvalue weighted by molar-refractivity contribution is 6.30. The Morgan fingerprint density at radius 2 is 1.88 bits per heavy atom. The molecule has 0 aliphatic heterocycles. The molecule has 2 atom stereocenters. The molecule has 1 aliphatic carbocycles. The SMILES string of the molecule is CN[C@@H]1CCC[C@H]1NCCc1ccc(Cl)cc1. The molecule has 17 heavy (non-hydrogen) atoms. The smallest absolute Gasteiger partial charge is 0.0406 e. The van der Waals surface area contributed by atoms with Crippen LogP contribution in [0.25, 0.3) is 0 Å². The Labute approximate surface area is 109 Å². The minimum atomic E-state index is 0.646. The minimum absolute atomic E-state index is 0.646. The molecule has 1 aromatic carbocycles. The van der Waals surface area contributed by atoms with E-state index < -0.39 is 0 Å². The predicted molar refractivity (Wildman–Crippen MR) is 73.6 cm³/mol. The summed E-state index contributed by atoms with van der Waals surface area (Å²) < 4.78 is 0.